The zero-order chi connectivity index (χ0) is 20.2. The molecule has 5 rings (SSSR count). The highest BCUT2D eigenvalue weighted by Gasteiger charge is 2.17. The minimum Gasteiger partial charge on any atom is -0.490 e. The van der Waals surface area contributed by atoms with Crippen molar-refractivity contribution >= 4 is 17.5 Å². The Balaban J connectivity index is 1.24. The Bertz CT molecular complexity index is 960. The van der Waals surface area contributed by atoms with Crippen molar-refractivity contribution in [1.82, 2.24) is 15.3 Å². The number of oxazole rings is 1. The number of rotatable bonds is 6. The largest absolute Gasteiger partial charge is 0.490 e. The van der Waals surface area contributed by atoms with Crippen LogP contribution in [0.2, 0.25) is 0 Å². The van der Waals surface area contributed by atoms with Crippen molar-refractivity contribution in [3.8, 4) is 17.1 Å². The van der Waals surface area contributed by atoms with Crippen molar-refractivity contribution in [1.29, 1.82) is 0 Å². The van der Waals surface area contributed by atoms with Crippen molar-refractivity contribution in [3.05, 3.63) is 48.8 Å². The molecule has 30 heavy (non-hydrogen) atoms. The smallest absolute Gasteiger partial charge is 0.299 e. The molecule has 2 aliphatic rings. The van der Waals surface area contributed by atoms with Gasteiger partial charge in [0.15, 0.2) is 5.76 Å². The summed E-state index contributed by atoms with van der Waals surface area (Å²) >= 11 is 0. The molecule has 156 valence electrons. The highest BCUT2D eigenvalue weighted by molar-refractivity contribution is 5.61. The SMILES string of the molecule is c1cc(OC2CCCC2)cc(-c2cnc(Nc3ccc(N4CCNCC4)nc3)o2)c1. The Morgan fingerprint density at radius 3 is 2.70 bits per heavy atom. The number of pyridine rings is 1. The van der Waals surface area contributed by atoms with E-state index in [0.717, 1.165) is 61.8 Å². The van der Waals surface area contributed by atoms with Crippen LogP contribution in [0, 0.1) is 0 Å². The predicted molar refractivity (Wildman–Crippen MR) is 117 cm³/mol. The third kappa shape index (κ3) is 4.41. The molecule has 3 aromatic rings. The van der Waals surface area contributed by atoms with E-state index < -0.39 is 0 Å². The quantitative estimate of drug-likeness (QED) is 0.636. The number of aromatic nitrogens is 2. The van der Waals surface area contributed by atoms with Gasteiger partial charge in [0.05, 0.1) is 24.2 Å². The molecule has 0 bridgehead atoms. The summed E-state index contributed by atoms with van der Waals surface area (Å²) in [4.78, 5) is 11.2. The van der Waals surface area contributed by atoms with Gasteiger partial charge in [0, 0.05) is 31.7 Å². The van der Waals surface area contributed by atoms with Gasteiger partial charge < -0.3 is 24.7 Å². The van der Waals surface area contributed by atoms with Gasteiger partial charge in [0.1, 0.15) is 11.6 Å². The molecule has 1 aliphatic carbocycles. The normalized spacial score (nSPS) is 17.3. The number of anilines is 3. The second-order valence-corrected chi connectivity index (χ2v) is 7.85. The minimum atomic E-state index is 0.337. The lowest BCUT2D eigenvalue weighted by Crippen LogP contribution is -2.43. The summed E-state index contributed by atoms with van der Waals surface area (Å²) in [6, 6.07) is 12.5. The summed E-state index contributed by atoms with van der Waals surface area (Å²) < 4.78 is 12.0. The first-order valence-corrected chi connectivity index (χ1v) is 10.8. The van der Waals surface area contributed by atoms with E-state index in [4.69, 9.17) is 9.15 Å². The number of hydrogen-bond acceptors (Lipinski definition) is 7. The fourth-order valence-electron chi connectivity index (χ4n) is 4.05. The molecule has 1 aromatic carbocycles. The molecular weight excluding hydrogens is 378 g/mol. The molecule has 0 atom stereocenters. The number of hydrogen-bond donors (Lipinski definition) is 2. The summed E-state index contributed by atoms with van der Waals surface area (Å²) in [5.74, 6) is 2.59. The van der Waals surface area contributed by atoms with Gasteiger partial charge in [-0.1, -0.05) is 12.1 Å². The molecule has 7 nitrogen and oxygen atoms in total. The average molecular weight is 406 g/mol. The van der Waals surface area contributed by atoms with Crippen LogP contribution in [0.5, 0.6) is 5.75 Å². The van der Waals surface area contributed by atoms with E-state index in [2.05, 4.69) is 25.5 Å². The molecule has 3 heterocycles. The molecule has 1 saturated heterocycles. The fourth-order valence-corrected chi connectivity index (χ4v) is 4.05. The van der Waals surface area contributed by atoms with E-state index in [1.54, 1.807) is 6.20 Å². The van der Waals surface area contributed by atoms with Gasteiger partial charge in [-0.2, -0.15) is 0 Å². The highest BCUT2D eigenvalue weighted by atomic mass is 16.5. The second-order valence-electron chi connectivity index (χ2n) is 7.85. The zero-order valence-corrected chi connectivity index (χ0v) is 17.0. The van der Waals surface area contributed by atoms with E-state index in [9.17, 15) is 0 Å². The number of piperazine rings is 1. The van der Waals surface area contributed by atoms with Gasteiger partial charge in [-0.25, -0.2) is 9.97 Å². The fraction of sp³-hybridized carbons (Fsp3) is 0.391. The van der Waals surface area contributed by atoms with E-state index in [1.165, 1.54) is 12.8 Å². The molecule has 1 aliphatic heterocycles. The van der Waals surface area contributed by atoms with E-state index in [0.29, 0.717) is 17.9 Å². The monoisotopic (exact) mass is 405 g/mol. The molecule has 2 N–H and O–H groups in total. The lowest BCUT2D eigenvalue weighted by Gasteiger charge is -2.28. The van der Waals surface area contributed by atoms with Crippen molar-refractivity contribution in [3.63, 3.8) is 0 Å². The maximum atomic E-state index is 6.11. The Hall–Kier alpha value is -3.06. The first-order chi connectivity index (χ1) is 14.8. The summed E-state index contributed by atoms with van der Waals surface area (Å²) in [7, 11) is 0. The van der Waals surface area contributed by atoms with Crippen molar-refractivity contribution in [2.45, 2.75) is 31.8 Å². The van der Waals surface area contributed by atoms with Crippen LogP contribution in [0.25, 0.3) is 11.3 Å². The lowest BCUT2D eigenvalue weighted by atomic mass is 10.2. The third-order valence-corrected chi connectivity index (χ3v) is 5.67. The number of nitrogens with zero attached hydrogens (tertiary/aromatic N) is 3. The zero-order valence-electron chi connectivity index (χ0n) is 17.0. The number of nitrogens with one attached hydrogen (secondary N) is 2. The first-order valence-electron chi connectivity index (χ1n) is 10.8. The average Bonchev–Trinajstić information content (AvgIpc) is 3.48. The van der Waals surface area contributed by atoms with E-state index >= 15 is 0 Å². The Morgan fingerprint density at radius 2 is 1.90 bits per heavy atom. The van der Waals surface area contributed by atoms with Gasteiger partial charge in [-0.05, 0) is 49.9 Å². The molecular formula is C23H27N5O2. The Kier molecular flexibility index (Phi) is 5.52. The van der Waals surface area contributed by atoms with Crippen LogP contribution in [-0.4, -0.2) is 42.3 Å². The molecule has 0 amide bonds. The summed E-state index contributed by atoms with van der Waals surface area (Å²) in [6.45, 7) is 3.94. The first kappa shape index (κ1) is 18.9. The van der Waals surface area contributed by atoms with Gasteiger partial charge in [-0.3, -0.25) is 0 Å². The van der Waals surface area contributed by atoms with Crippen LogP contribution in [0.1, 0.15) is 25.7 Å². The number of benzene rings is 1. The molecule has 1 saturated carbocycles. The standard InChI is InChI=1S/C23H27N5O2/c1-2-6-19(5-1)29-20-7-3-4-17(14-20)21-16-26-23(30-21)27-18-8-9-22(25-15-18)28-12-10-24-11-13-28/h3-4,7-9,14-16,19,24H,1-2,5-6,10-13H2,(H,26,27). The molecule has 2 fully saturated rings. The van der Waals surface area contributed by atoms with Crippen LogP contribution in [0.15, 0.2) is 53.2 Å². The predicted octanol–water partition coefficient (Wildman–Crippen LogP) is 4.21. The van der Waals surface area contributed by atoms with Crippen LogP contribution in [-0.2, 0) is 0 Å². The van der Waals surface area contributed by atoms with E-state index in [1.807, 2.05) is 42.6 Å². The maximum Gasteiger partial charge on any atom is 0.299 e. The topological polar surface area (TPSA) is 75.5 Å². The van der Waals surface area contributed by atoms with Crippen LogP contribution < -0.4 is 20.3 Å². The third-order valence-electron chi connectivity index (χ3n) is 5.67. The molecule has 7 heteroatoms. The van der Waals surface area contributed by atoms with Crippen molar-refractivity contribution in [2.75, 3.05) is 36.4 Å². The van der Waals surface area contributed by atoms with Gasteiger partial charge in [0.25, 0.3) is 6.01 Å². The second kappa shape index (κ2) is 8.75. The lowest BCUT2D eigenvalue weighted by molar-refractivity contribution is 0.210. The molecule has 0 unspecified atom stereocenters. The van der Waals surface area contributed by atoms with Crippen LogP contribution in [0.3, 0.4) is 0 Å². The van der Waals surface area contributed by atoms with Gasteiger partial charge >= 0.3 is 0 Å². The Morgan fingerprint density at radius 1 is 1.03 bits per heavy atom. The maximum absolute atomic E-state index is 6.11. The van der Waals surface area contributed by atoms with Gasteiger partial charge in [-0.15, -0.1) is 0 Å². The molecule has 0 spiro atoms. The van der Waals surface area contributed by atoms with E-state index in [-0.39, 0.29) is 0 Å². The summed E-state index contributed by atoms with van der Waals surface area (Å²) in [6.07, 6.45) is 8.68. The van der Waals surface area contributed by atoms with Crippen molar-refractivity contribution in [2.24, 2.45) is 0 Å². The minimum absolute atomic E-state index is 0.337. The van der Waals surface area contributed by atoms with Crippen molar-refractivity contribution < 1.29 is 9.15 Å². The van der Waals surface area contributed by atoms with Crippen LogP contribution >= 0.6 is 0 Å². The summed E-state index contributed by atoms with van der Waals surface area (Å²) in [5, 5.41) is 6.55. The molecule has 2 aromatic heterocycles. The van der Waals surface area contributed by atoms with Crippen LogP contribution in [0.4, 0.5) is 17.5 Å². The molecule has 0 radical (unpaired) electrons. The number of ether oxygens (including phenoxy) is 1. The Labute approximate surface area is 176 Å². The highest BCUT2D eigenvalue weighted by Crippen LogP contribution is 2.30. The van der Waals surface area contributed by atoms with Gasteiger partial charge in [0.2, 0.25) is 0 Å². The summed E-state index contributed by atoms with van der Waals surface area (Å²) in [5.41, 5.74) is 1.80.